The van der Waals surface area contributed by atoms with E-state index < -0.39 is 18.7 Å². The second-order valence-corrected chi connectivity index (χ2v) is 10.8. The summed E-state index contributed by atoms with van der Waals surface area (Å²) in [6.07, 6.45) is -2.09. The van der Waals surface area contributed by atoms with Gasteiger partial charge < -0.3 is 25.5 Å². The number of rotatable bonds is 10. The van der Waals surface area contributed by atoms with Crippen molar-refractivity contribution in [2.45, 2.75) is 50.2 Å². The van der Waals surface area contributed by atoms with E-state index in [0.29, 0.717) is 41.0 Å². The minimum Gasteiger partial charge on any atom is -0.493 e. The molecule has 0 amide bonds. The minimum absolute atomic E-state index is 0.0212. The second kappa shape index (κ2) is 12.0. The van der Waals surface area contributed by atoms with Crippen LogP contribution in [0.1, 0.15) is 28.8 Å². The average Bonchev–Trinajstić information content (AvgIpc) is 3.46. The quantitative estimate of drug-likeness (QED) is 0.197. The maximum absolute atomic E-state index is 12.9. The largest absolute Gasteiger partial charge is 0.493 e. The Bertz CT molecular complexity index is 1380. The van der Waals surface area contributed by atoms with Crippen molar-refractivity contribution in [3.63, 3.8) is 0 Å². The Morgan fingerprint density at radius 1 is 1.26 bits per heavy atom. The fraction of sp³-hybridized carbons (Fsp3) is 0.385. The van der Waals surface area contributed by atoms with Gasteiger partial charge in [0.05, 0.1) is 36.8 Å². The predicted octanol–water partition coefficient (Wildman–Crippen LogP) is 5.03. The predicted molar refractivity (Wildman–Crippen MR) is 147 cm³/mol. The third-order valence-corrected chi connectivity index (χ3v) is 7.86. The molecule has 0 radical (unpaired) electrons. The molecule has 39 heavy (non-hydrogen) atoms. The Hall–Kier alpha value is -3.06. The van der Waals surface area contributed by atoms with E-state index in [-0.39, 0.29) is 33.6 Å². The average molecular weight is 581 g/mol. The SMILES string of the molecule is CO/C(=C/C(=N)c1ccc(CN[C@H]2C[C@@H](O)[C@@H](N(C)c3ncnc4sc(CC(F)(F)F)cc34)C2)cc1)C(=N)Cl. The maximum Gasteiger partial charge on any atom is 0.393 e. The number of hydrogen-bond donors (Lipinski definition) is 4. The minimum atomic E-state index is -4.30. The van der Waals surface area contributed by atoms with Crippen LogP contribution in [0.4, 0.5) is 19.0 Å². The van der Waals surface area contributed by atoms with Crippen LogP contribution in [-0.4, -0.2) is 64.5 Å². The molecule has 3 atom stereocenters. The van der Waals surface area contributed by atoms with E-state index >= 15 is 0 Å². The van der Waals surface area contributed by atoms with Gasteiger partial charge in [0.1, 0.15) is 17.0 Å². The van der Waals surface area contributed by atoms with Crippen molar-refractivity contribution in [3.05, 3.63) is 64.5 Å². The number of nitrogens with zero attached hydrogens (tertiary/aromatic N) is 3. The van der Waals surface area contributed by atoms with E-state index in [0.717, 1.165) is 16.9 Å². The molecule has 2 heterocycles. The highest BCUT2D eigenvalue weighted by atomic mass is 35.5. The van der Waals surface area contributed by atoms with Gasteiger partial charge >= 0.3 is 6.18 Å². The summed E-state index contributed by atoms with van der Waals surface area (Å²) in [5, 5.41) is 30.2. The van der Waals surface area contributed by atoms with Crippen molar-refractivity contribution in [2.24, 2.45) is 0 Å². The molecule has 4 N–H and O–H groups in total. The van der Waals surface area contributed by atoms with Gasteiger partial charge in [-0.3, -0.25) is 5.41 Å². The van der Waals surface area contributed by atoms with E-state index in [2.05, 4.69) is 15.3 Å². The molecule has 0 spiro atoms. The van der Waals surface area contributed by atoms with Crippen LogP contribution < -0.4 is 10.2 Å². The van der Waals surface area contributed by atoms with Gasteiger partial charge in [-0.1, -0.05) is 35.9 Å². The number of alkyl halides is 3. The molecule has 0 bridgehead atoms. The molecule has 0 unspecified atom stereocenters. The molecular weight excluding hydrogens is 553 g/mol. The van der Waals surface area contributed by atoms with Crippen LogP contribution in [0.5, 0.6) is 0 Å². The molecule has 1 aromatic carbocycles. The standard InChI is InChI=1S/C26H28ClF3N6O2S/c1-36(24-18-9-17(11-26(28,29)30)39-25(18)35-13-34-24)20-7-16(8-21(20)37)33-12-14-3-5-15(6-4-14)19(31)10-22(38-2)23(27)32/h3-6,9-10,13,16,20-21,31-33,37H,7-8,11-12H2,1-2H3/b22-10+,31-19?,32-23?/t16-,20+,21-/m1/s1. The van der Waals surface area contributed by atoms with Crippen molar-refractivity contribution in [1.29, 1.82) is 10.8 Å². The first-order valence-corrected chi connectivity index (χ1v) is 13.3. The molecule has 1 aliphatic rings. The van der Waals surface area contributed by atoms with E-state index in [1.54, 1.807) is 19.2 Å². The van der Waals surface area contributed by atoms with E-state index in [1.807, 2.05) is 17.0 Å². The molecule has 8 nitrogen and oxygen atoms in total. The Morgan fingerprint density at radius 3 is 2.62 bits per heavy atom. The van der Waals surface area contributed by atoms with Crippen molar-refractivity contribution in [2.75, 3.05) is 19.1 Å². The molecule has 4 rings (SSSR count). The number of aliphatic hydroxyl groups excluding tert-OH is 1. The molecule has 3 aromatic rings. The summed E-state index contributed by atoms with van der Waals surface area (Å²) in [7, 11) is 3.18. The lowest BCUT2D eigenvalue weighted by Gasteiger charge is -2.28. The number of methoxy groups -OCH3 is 1. The van der Waals surface area contributed by atoms with Crippen LogP contribution in [0, 0.1) is 10.8 Å². The number of aromatic nitrogens is 2. The molecule has 13 heteroatoms. The van der Waals surface area contributed by atoms with Crippen LogP contribution in [0.3, 0.4) is 0 Å². The molecule has 0 aliphatic heterocycles. The summed E-state index contributed by atoms with van der Waals surface area (Å²) >= 11 is 6.65. The van der Waals surface area contributed by atoms with Gasteiger partial charge in [-0.15, -0.1) is 11.3 Å². The van der Waals surface area contributed by atoms with Crippen molar-refractivity contribution in [3.8, 4) is 0 Å². The lowest BCUT2D eigenvalue weighted by atomic mass is 10.1. The van der Waals surface area contributed by atoms with Gasteiger partial charge in [0.25, 0.3) is 0 Å². The Kier molecular flexibility index (Phi) is 8.90. The lowest BCUT2D eigenvalue weighted by molar-refractivity contribution is -0.126. The first-order chi connectivity index (χ1) is 18.4. The molecular formula is C26H28ClF3N6O2S. The number of thiophene rings is 1. The smallest absolute Gasteiger partial charge is 0.393 e. The Morgan fingerprint density at radius 2 is 1.97 bits per heavy atom. The fourth-order valence-corrected chi connectivity index (χ4v) is 5.84. The highest BCUT2D eigenvalue weighted by molar-refractivity contribution is 7.18. The highest BCUT2D eigenvalue weighted by Crippen LogP contribution is 2.36. The summed E-state index contributed by atoms with van der Waals surface area (Å²) < 4.78 is 43.7. The number of aliphatic hydroxyl groups is 1. The maximum atomic E-state index is 12.9. The molecule has 1 aliphatic carbocycles. The highest BCUT2D eigenvalue weighted by Gasteiger charge is 2.37. The van der Waals surface area contributed by atoms with Gasteiger partial charge in [-0.2, -0.15) is 13.2 Å². The first-order valence-electron chi connectivity index (χ1n) is 12.1. The summed E-state index contributed by atoms with van der Waals surface area (Å²) in [4.78, 5) is 11.0. The number of fused-ring (bicyclic) bond motifs is 1. The summed E-state index contributed by atoms with van der Waals surface area (Å²) in [6.45, 7) is 0.552. The van der Waals surface area contributed by atoms with Gasteiger partial charge in [0.15, 0.2) is 10.9 Å². The molecule has 1 saturated carbocycles. The molecule has 0 saturated heterocycles. The van der Waals surface area contributed by atoms with E-state index in [9.17, 15) is 18.3 Å². The third kappa shape index (κ3) is 7.13. The molecule has 2 aromatic heterocycles. The van der Waals surface area contributed by atoms with Crippen molar-refractivity contribution < 1.29 is 23.0 Å². The number of anilines is 1. The number of hydrogen-bond acceptors (Lipinski definition) is 9. The van der Waals surface area contributed by atoms with Gasteiger partial charge in [0.2, 0.25) is 0 Å². The number of halogens is 4. The zero-order chi connectivity index (χ0) is 28.3. The zero-order valence-electron chi connectivity index (χ0n) is 21.2. The zero-order valence-corrected chi connectivity index (χ0v) is 22.8. The van der Waals surface area contributed by atoms with Crippen LogP contribution in [0.2, 0.25) is 0 Å². The molecule has 208 valence electrons. The van der Waals surface area contributed by atoms with E-state index in [1.165, 1.54) is 25.6 Å². The third-order valence-electron chi connectivity index (χ3n) is 6.63. The van der Waals surface area contributed by atoms with Crippen LogP contribution in [0.25, 0.3) is 10.2 Å². The number of allylic oxidation sites excluding steroid dienone is 2. The summed E-state index contributed by atoms with van der Waals surface area (Å²) in [5.41, 5.74) is 1.80. The van der Waals surface area contributed by atoms with Gasteiger partial charge in [-0.05, 0) is 30.0 Å². The van der Waals surface area contributed by atoms with Crippen molar-refractivity contribution >= 4 is 49.9 Å². The van der Waals surface area contributed by atoms with Crippen LogP contribution >= 0.6 is 22.9 Å². The van der Waals surface area contributed by atoms with E-state index in [4.69, 9.17) is 27.2 Å². The monoisotopic (exact) mass is 580 g/mol. The van der Waals surface area contributed by atoms with Gasteiger partial charge in [0, 0.05) is 30.6 Å². The number of nitrogens with one attached hydrogen (secondary N) is 3. The second-order valence-electron chi connectivity index (χ2n) is 9.35. The van der Waals surface area contributed by atoms with Crippen LogP contribution in [-0.2, 0) is 17.7 Å². The normalized spacial score (nSPS) is 19.9. The lowest BCUT2D eigenvalue weighted by Crippen LogP contribution is -2.38. The van der Waals surface area contributed by atoms with Gasteiger partial charge in [-0.25, -0.2) is 9.97 Å². The summed E-state index contributed by atoms with van der Waals surface area (Å²) in [6, 6.07) is 8.64. The topological polar surface area (TPSA) is 118 Å². The summed E-state index contributed by atoms with van der Waals surface area (Å²) in [5.74, 6) is 0.609. The molecule has 1 fully saturated rings. The number of benzene rings is 1. The first kappa shape index (κ1) is 28.9. The number of ether oxygens (including phenoxy) is 1. The van der Waals surface area contributed by atoms with Crippen molar-refractivity contribution in [1.82, 2.24) is 15.3 Å². The fourth-order valence-electron chi connectivity index (χ4n) is 4.68. The Labute approximate surface area is 232 Å². The number of likely N-dealkylation sites (N-methyl/N-ethyl adjacent to an activating group) is 1. The van der Waals surface area contributed by atoms with Crippen LogP contribution in [0.15, 0.2) is 48.5 Å². The Balaban J connectivity index is 1.38.